The van der Waals surface area contributed by atoms with Crippen molar-refractivity contribution in [1.29, 1.82) is 0 Å². The van der Waals surface area contributed by atoms with Crippen molar-refractivity contribution in [2.24, 2.45) is 5.10 Å². The molecule has 5 nitrogen and oxygen atoms in total. The number of hydrogen-bond acceptors (Lipinski definition) is 4. The molecule has 0 radical (unpaired) electrons. The lowest BCUT2D eigenvalue weighted by atomic mass is 10.2. The van der Waals surface area contributed by atoms with Crippen molar-refractivity contribution < 1.29 is 9.53 Å². The SMILES string of the molecule is COc1ccc(/C=N\NC(=O)CNc2ccccc2)cc1. The van der Waals surface area contributed by atoms with Crippen LogP contribution in [0.3, 0.4) is 0 Å². The molecule has 0 unspecified atom stereocenters. The average molecular weight is 283 g/mol. The number of ether oxygens (including phenoxy) is 1. The van der Waals surface area contributed by atoms with E-state index in [0.29, 0.717) is 0 Å². The lowest BCUT2D eigenvalue weighted by molar-refractivity contribution is -0.119. The van der Waals surface area contributed by atoms with E-state index in [9.17, 15) is 4.79 Å². The standard InChI is InChI=1S/C16H17N3O2/c1-21-15-9-7-13(8-10-15)11-18-19-16(20)12-17-14-5-3-2-4-6-14/h2-11,17H,12H2,1H3,(H,19,20)/b18-11-. The van der Waals surface area contributed by atoms with E-state index in [-0.39, 0.29) is 12.5 Å². The first-order valence-corrected chi connectivity index (χ1v) is 6.53. The molecule has 0 spiro atoms. The van der Waals surface area contributed by atoms with Gasteiger partial charge in [-0.25, -0.2) is 5.43 Å². The molecule has 0 aliphatic rings. The number of hydrazone groups is 1. The van der Waals surface area contributed by atoms with Crippen molar-refractivity contribution in [3.8, 4) is 5.75 Å². The number of carbonyl (C=O) groups is 1. The van der Waals surface area contributed by atoms with Gasteiger partial charge in [0.2, 0.25) is 0 Å². The van der Waals surface area contributed by atoms with E-state index in [0.717, 1.165) is 17.0 Å². The van der Waals surface area contributed by atoms with Crippen LogP contribution in [0, 0.1) is 0 Å². The van der Waals surface area contributed by atoms with Crippen LogP contribution >= 0.6 is 0 Å². The quantitative estimate of drug-likeness (QED) is 0.631. The van der Waals surface area contributed by atoms with Crippen LogP contribution in [0.5, 0.6) is 5.75 Å². The Morgan fingerprint density at radius 2 is 1.86 bits per heavy atom. The van der Waals surface area contributed by atoms with Gasteiger partial charge in [-0.05, 0) is 42.0 Å². The van der Waals surface area contributed by atoms with E-state index in [1.165, 1.54) is 0 Å². The molecule has 1 amide bonds. The zero-order valence-corrected chi connectivity index (χ0v) is 11.7. The van der Waals surface area contributed by atoms with Crippen molar-refractivity contribution in [3.05, 3.63) is 60.2 Å². The highest BCUT2D eigenvalue weighted by Gasteiger charge is 1.98. The van der Waals surface area contributed by atoms with Crippen LogP contribution in [0.4, 0.5) is 5.69 Å². The molecule has 0 heterocycles. The Balaban J connectivity index is 1.76. The molecule has 2 rings (SSSR count). The Labute approximate surface area is 123 Å². The van der Waals surface area contributed by atoms with Crippen LogP contribution in [0.1, 0.15) is 5.56 Å². The van der Waals surface area contributed by atoms with Gasteiger partial charge in [0.15, 0.2) is 0 Å². The summed E-state index contributed by atoms with van der Waals surface area (Å²) in [7, 11) is 1.61. The normalized spacial score (nSPS) is 10.3. The highest BCUT2D eigenvalue weighted by atomic mass is 16.5. The van der Waals surface area contributed by atoms with Crippen LogP contribution in [0.15, 0.2) is 59.7 Å². The van der Waals surface area contributed by atoms with Gasteiger partial charge >= 0.3 is 0 Å². The van der Waals surface area contributed by atoms with Crippen molar-refractivity contribution in [2.45, 2.75) is 0 Å². The molecule has 2 aromatic rings. The largest absolute Gasteiger partial charge is 0.497 e. The van der Waals surface area contributed by atoms with Gasteiger partial charge < -0.3 is 10.1 Å². The fourth-order valence-corrected chi connectivity index (χ4v) is 1.65. The highest BCUT2D eigenvalue weighted by molar-refractivity contribution is 5.84. The lowest BCUT2D eigenvalue weighted by Crippen LogP contribution is -2.25. The summed E-state index contributed by atoms with van der Waals surface area (Å²) >= 11 is 0. The van der Waals surface area contributed by atoms with Gasteiger partial charge in [0.1, 0.15) is 5.75 Å². The third-order valence-electron chi connectivity index (χ3n) is 2.75. The van der Waals surface area contributed by atoms with Gasteiger partial charge in [-0.2, -0.15) is 5.10 Å². The maximum Gasteiger partial charge on any atom is 0.259 e. The maximum absolute atomic E-state index is 11.6. The van der Waals surface area contributed by atoms with Gasteiger partial charge in [0.25, 0.3) is 5.91 Å². The minimum Gasteiger partial charge on any atom is -0.497 e. The topological polar surface area (TPSA) is 62.7 Å². The van der Waals surface area contributed by atoms with E-state index in [1.54, 1.807) is 13.3 Å². The summed E-state index contributed by atoms with van der Waals surface area (Å²) in [4.78, 5) is 11.6. The van der Waals surface area contributed by atoms with Crippen LogP contribution in [0.25, 0.3) is 0 Å². The number of nitrogens with one attached hydrogen (secondary N) is 2. The Kier molecular flexibility index (Phi) is 5.34. The summed E-state index contributed by atoms with van der Waals surface area (Å²) < 4.78 is 5.06. The molecule has 108 valence electrons. The first-order chi connectivity index (χ1) is 10.3. The van der Waals surface area contributed by atoms with Gasteiger partial charge in [-0.1, -0.05) is 18.2 Å². The van der Waals surface area contributed by atoms with Gasteiger partial charge in [-0.3, -0.25) is 4.79 Å². The summed E-state index contributed by atoms with van der Waals surface area (Å²) in [5, 5.41) is 6.91. The second-order valence-corrected chi connectivity index (χ2v) is 4.29. The summed E-state index contributed by atoms with van der Waals surface area (Å²) in [5.41, 5.74) is 4.24. The second kappa shape index (κ2) is 7.69. The Bertz CT molecular complexity index is 595. The van der Waals surface area contributed by atoms with Crippen LogP contribution in [0.2, 0.25) is 0 Å². The molecule has 21 heavy (non-hydrogen) atoms. The van der Waals surface area contributed by atoms with Crippen molar-refractivity contribution >= 4 is 17.8 Å². The minimum atomic E-state index is -0.205. The zero-order valence-electron chi connectivity index (χ0n) is 11.7. The first-order valence-electron chi connectivity index (χ1n) is 6.53. The molecule has 0 fully saturated rings. The molecule has 0 saturated heterocycles. The molecule has 2 aromatic carbocycles. The summed E-state index contributed by atoms with van der Waals surface area (Å²) in [6, 6.07) is 16.9. The number of carbonyl (C=O) groups excluding carboxylic acids is 1. The van der Waals surface area contributed by atoms with Crippen molar-refractivity contribution in [1.82, 2.24) is 5.43 Å². The number of methoxy groups -OCH3 is 1. The molecular weight excluding hydrogens is 266 g/mol. The number of para-hydroxylation sites is 1. The molecule has 2 N–H and O–H groups in total. The fraction of sp³-hybridized carbons (Fsp3) is 0.125. The molecule has 0 saturated carbocycles. The number of nitrogens with zero attached hydrogens (tertiary/aromatic N) is 1. The molecule has 0 bridgehead atoms. The molecule has 0 atom stereocenters. The zero-order chi connectivity index (χ0) is 14.9. The maximum atomic E-state index is 11.6. The van der Waals surface area contributed by atoms with Crippen LogP contribution < -0.4 is 15.5 Å². The first kappa shape index (κ1) is 14.6. The Hall–Kier alpha value is -2.82. The Morgan fingerprint density at radius 1 is 1.14 bits per heavy atom. The van der Waals surface area contributed by atoms with Crippen molar-refractivity contribution in [3.63, 3.8) is 0 Å². The molecular formula is C16H17N3O2. The van der Waals surface area contributed by atoms with Gasteiger partial charge in [0.05, 0.1) is 19.9 Å². The highest BCUT2D eigenvalue weighted by Crippen LogP contribution is 2.09. The predicted molar refractivity (Wildman–Crippen MR) is 83.7 cm³/mol. The lowest BCUT2D eigenvalue weighted by Gasteiger charge is -2.04. The molecule has 0 aliphatic heterocycles. The molecule has 0 aromatic heterocycles. The fourth-order valence-electron chi connectivity index (χ4n) is 1.65. The van der Waals surface area contributed by atoms with Crippen molar-refractivity contribution in [2.75, 3.05) is 19.0 Å². The van der Waals surface area contributed by atoms with Crippen LogP contribution in [-0.4, -0.2) is 25.8 Å². The number of anilines is 1. The average Bonchev–Trinajstić information content (AvgIpc) is 2.54. The van der Waals surface area contributed by atoms with Gasteiger partial charge in [0, 0.05) is 5.69 Å². The summed E-state index contributed by atoms with van der Waals surface area (Å²) in [6.45, 7) is 0.171. The van der Waals surface area contributed by atoms with E-state index in [4.69, 9.17) is 4.74 Å². The number of amides is 1. The van der Waals surface area contributed by atoms with Gasteiger partial charge in [-0.15, -0.1) is 0 Å². The smallest absolute Gasteiger partial charge is 0.259 e. The Morgan fingerprint density at radius 3 is 2.52 bits per heavy atom. The van der Waals surface area contributed by atoms with E-state index in [2.05, 4.69) is 15.8 Å². The monoisotopic (exact) mass is 283 g/mol. The number of benzene rings is 2. The van der Waals surface area contributed by atoms with E-state index < -0.39 is 0 Å². The summed E-state index contributed by atoms with van der Waals surface area (Å²) in [6.07, 6.45) is 1.58. The van der Waals surface area contributed by atoms with E-state index in [1.807, 2.05) is 54.6 Å². The minimum absolute atomic E-state index is 0.171. The number of rotatable bonds is 6. The predicted octanol–water partition coefficient (Wildman–Crippen LogP) is 2.26. The third-order valence-corrected chi connectivity index (χ3v) is 2.75. The van der Waals surface area contributed by atoms with E-state index >= 15 is 0 Å². The molecule has 5 heteroatoms. The summed E-state index contributed by atoms with van der Waals surface area (Å²) in [5.74, 6) is 0.576. The van der Waals surface area contributed by atoms with Crippen LogP contribution in [-0.2, 0) is 4.79 Å². The molecule has 0 aliphatic carbocycles. The number of hydrogen-bond donors (Lipinski definition) is 2. The second-order valence-electron chi connectivity index (χ2n) is 4.29. The third kappa shape index (κ3) is 4.99.